The fourth-order valence-electron chi connectivity index (χ4n) is 1.43. The molecule has 0 saturated carbocycles. The third kappa shape index (κ3) is 3.74. The van der Waals surface area contributed by atoms with Crippen molar-refractivity contribution in [3.8, 4) is 0 Å². The van der Waals surface area contributed by atoms with Crippen LogP contribution in [0.4, 0.5) is 13.2 Å². The van der Waals surface area contributed by atoms with E-state index >= 15 is 0 Å². The largest absolute Gasteiger partial charge is 0.416 e. The van der Waals surface area contributed by atoms with E-state index in [1.807, 2.05) is 0 Å². The molecule has 0 saturated heterocycles. The van der Waals surface area contributed by atoms with Crippen LogP contribution >= 0.6 is 0 Å². The molecule has 17 heavy (non-hydrogen) atoms. The van der Waals surface area contributed by atoms with Crippen molar-refractivity contribution in [1.82, 2.24) is 5.32 Å². The molecule has 0 fully saturated rings. The lowest BCUT2D eigenvalue weighted by Gasteiger charge is -2.16. The zero-order valence-corrected chi connectivity index (χ0v) is 9.21. The molecule has 3 nitrogen and oxygen atoms in total. The van der Waals surface area contributed by atoms with Crippen molar-refractivity contribution < 1.29 is 18.0 Å². The van der Waals surface area contributed by atoms with Crippen molar-refractivity contribution in [3.63, 3.8) is 0 Å². The van der Waals surface area contributed by atoms with E-state index < -0.39 is 17.8 Å². The molecule has 1 unspecified atom stereocenters. The Morgan fingerprint density at radius 2 is 1.88 bits per heavy atom. The number of amides is 1. The molecule has 0 aliphatic rings. The van der Waals surface area contributed by atoms with E-state index in [2.05, 4.69) is 5.32 Å². The van der Waals surface area contributed by atoms with Crippen LogP contribution in [-0.4, -0.2) is 12.5 Å². The zero-order valence-electron chi connectivity index (χ0n) is 9.21. The molecule has 6 heteroatoms. The van der Waals surface area contributed by atoms with E-state index in [0.717, 1.165) is 12.1 Å². The van der Waals surface area contributed by atoms with Crippen LogP contribution in [0.25, 0.3) is 0 Å². The maximum Gasteiger partial charge on any atom is 0.416 e. The predicted molar refractivity (Wildman–Crippen MR) is 57.1 cm³/mol. The van der Waals surface area contributed by atoms with E-state index in [0.29, 0.717) is 5.56 Å². The normalized spacial score (nSPS) is 13.2. The third-order valence-corrected chi connectivity index (χ3v) is 2.25. The van der Waals surface area contributed by atoms with Gasteiger partial charge in [-0.25, -0.2) is 0 Å². The van der Waals surface area contributed by atoms with Crippen molar-refractivity contribution in [2.75, 3.05) is 6.54 Å². The number of carbonyl (C=O) groups excluding carboxylic acids is 1. The van der Waals surface area contributed by atoms with Crippen molar-refractivity contribution >= 4 is 5.91 Å². The van der Waals surface area contributed by atoms with Gasteiger partial charge < -0.3 is 11.1 Å². The van der Waals surface area contributed by atoms with Gasteiger partial charge in [0.05, 0.1) is 11.6 Å². The van der Waals surface area contributed by atoms with E-state index in [4.69, 9.17) is 5.73 Å². The first kappa shape index (κ1) is 13.5. The molecule has 1 amide bonds. The van der Waals surface area contributed by atoms with Crippen LogP contribution in [0.2, 0.25) is 0 Å². The Hall–Kier alpha value is -1.56. The van der Waals surface area contributed by atoms with Crippen LogP contribution in [0.15, 0.2) is 24.3 Å². The molecule has 1 aromatic rings. The van der Waals surface area contributed by atoms with Gasteiger partial charge in [0.15, 0.2) is 0 Å². The average Bonchev–Trinajstić information content (AvgIpc) is 2.24. The molecule has 1 aromatic carbocycles. The van der Waals surface area contributed by atoms with Gasteiger partial charge in [0.1, 0.15) is 0 Å². The quantitative estimate of drug-likeness (QED) is 0.855. The lowest BCUT2D eigenvalue weighted by molar-refractivity contribution is -0.137. The van der Waals surface area contributed by atoms with Crippen molar-refractivity contribution in [3.05, 3.63) is 35.4 Å². The molecule has 0 spiro atoms. The molecule has 0 heterocycles. The van der Waals surface area contributed by atoms with Gasteiger partial charge in [-0.15, -0.1) is 0 Å². The van der Waals surface area contributed by atoms with Crippen LogP contribution in [0.5, 0.6) is 0 Å². The van der Waals surface area contributed by atoms with Crippen LogP contribution in [-0.2, 0) is 11.0 Å². The number of alkyl halides is 3. The number of hydrogen-bond donors (Lipinski definition) is 2. The van der Waals surface area contributed by atoms with Gasteiger partial charge in [0.25, 0.3) is 0 Å². The number of carbonyl (C=O) groups is 1. The van der Waals surface area contributed by atoms with Gasteiger partial charge in [-0.05, 0) is 17.7 Å². The second kappa shape index (κ2) is 5.18. The summed E-state index contributed by atoms with van der Waals surface area (Å²) in [6.07, 6.45) is -4.36. The summed E-state index contributed by atoms with van der Waals surface area (Å²) < 4.78 is 37.0. The molecular weight excluding hydrogens is 233 g/mol. The molecule has 94 valence electrons. The fraction of sp³-hybridized carbons (Fsp3) is 0.364. The van der Waals surface area contributed by atoms with Gasteiger partial charge in [-0.3, -0.25) is 4.79 Å². The molecule has 1 rings (SSSR count). The van der Waals surface area contributed by atoms with Crippen LogP contribution in [0.3, 0.4) is 0 Å². The van der Waals surface area contributed by atoms with E-state index in [9.17, 15) is 18.0 Å². The lowest BCUT2D eigenvalue weighted by atomic mass is 10.0. The van der Waals surface area contributed by atoms with Gasteiger partial charge in [0.2, 0.25) is 5.91 Å². The standard InChI is InChI=1S/C11H13F3N2O/c1-7(17)16-10(6-15)8-2-4-9(5-3-8)11(12,13)14/h2-5,10H,6,15H2,1H3,(H,16,17). The summed E-state index contributed by atoms with van der Waals surface area (Å²) in [4.78, 5) is 10.9. The number of nitrogens with one attached hydrogen (secondary N) is 1. The highest BCUT2D eigenvalue weighted by Gasteiger charge is 2.30. The van der Waals surface area contributed by atoms with Gasteiger partial charge >= 0.3 is 6.18 Å². The van der Waals surface area contributed by atoms with Gasteiger partial charge in [-0.2, -0.15) is 13.2 Å². The molecule has 0 radical (unpaired) electrons. The minimum Gasteiger partial charge on any atom is -0.348 e. The second-order valence-electron chi connectivity index (χ2n) is 3.61. The van der Waals surface area contributed by atoms with Crippen LogP contribution in [0, 0.1) is 0 Å². The molecule has 0 bridgehead atoms. The van der Waals surface area contributed by atoms with Crippen molar-refractivity contribution in [2.45, 2.75) is 19.1 Å². The van der Waals surface area contributed by atoms with Gasteiger partial charge in [0, 0.05) is 13.5 Å². The Balaban J connectivity index is 2.89. The van der Waals surface area contributed by atoms with Crippen LogP contribution < -0.4 is 11.1 Å². The minimum atomic E-state index is -4.36. The smallest absolute Gasteiger partial charge is 0.348 e. The molecule has 0 aromatic heterocycles. The Morgan fingerprint density at radius 3 is 2.24 bits per heavy atom. The highest BCUT2D eigenvalue weighted by molar-refractivity contribution is 5.73. The highest BCUT2D eigenvalue weighted by Crippen LogP contribution is 2.29. The Bertz CT molecular complexity index is 387. The summed E-state index contributed by atoms with van der Waals surface area (Å²) in [5.41, 5.74) is 5.27. The summed E-state index contributed by atoms with van der Waals surface area (Å²) in [6.45, 7) is 1.46. The third-order valence-electron chi connectivity index (χ3n) is 2.25. The minimum absolute atomic E-state index is 0.130. The number of rotatable bonds is 3. The molecule has 0 aliphatic carbocycles. The zero-order chi connectivity index (χ0) is 13.1. The number of hydrogen-bond acceptors (Lipinski definition) is 2. The summed E-state index contributed by atoms with van der Waals surface area (Å²) in [5.74, 6) is -0.277. The summed E-state index contributed by atoms with van der Waals surface area (Å²) in [5, 5.41) is 2.56. The summed E-state index contributed by atoms with van der Waals surface area (Å²) in [7, 11) is 0. The van der Waals surface area contributed by atoms with E-state index in [-0.39, 0.29) is 12.5 Å². The fourth-order valence-corrected chi connectivity index (χ4v) is 1.43. The Labute approximate surface area is 96.8 Å². The predicted octanol–water partition coefficient (Wildman–Crippen LogP) is 1.84. The first-order chi connectivity index (χ1) is 7.84. The average molecular weight is 246 g/mol. The lowest BCUT2D eigenvalue weighted by Crippen LogP contribution is -2.31. The first-order valence-electron chi connectivity index (χ1n) is 4.99. The maximum absolute atomic E-state index is 12.3. The molecule has 3 N–H and O–H groups in total. The summed E-state index contributed by atoms with van der Waals surface area (Å²) >= 11 is 0. The first-order valence-corrected chi connectivity index (χ1v) is 4.99. The number of halogens is 3. The Kier molecular flexibility index (Phi) is 4.11. The van der Waals surface area contributed by atoms with Crippen LogP contribution in [0.1, 0.15) is 24.1 Å². The summed E-state index contributed by atoms with van der Waals surface area (Å²) in [6, 6.07) is 4.11. The number of benzene rings is 1. The molecule has 1 atom stereocenters. The topological polar surface area (TPSA) is 55.1 Å². The maximum atomic E-state index is 12.3. The van der Waals surface area contributed by atoms with Gasteiger partial charge in [-0.1, -0.05) is 12.1 Å². The number of nitrogens with two attached hydrogens (primary N) is 1. The molecule has 0 aliphatic heterocycles. The van der Waals surface area contributed by atoms with E-state index in [1.165, 1.54) is 19.1 Å². The highest BCUT2D eigenvalue weighted by atomic mass is 19.4. The monoisotopic (exact) mass is 246 g/mol. The van der Waals surface area contributed by atoms with E-state index in [1.54, 1.807) is 0 Å². The van der Waals surface area contributed by atoms with Crippen molar-refractivity contribution in [2.24, 2.45) is 5.73 Å². The Morgan fingerprint density at radius 1 is 1.35 bits per heavy atom. The SMILES string of the molecule is CC(=O)NC(CN)c1ccc(C(F)(F)F)cc1. The van der Waals surface area contributed by atoms with Crippen molar-refractivity contribution in [1.29, 1.82) is 0 Å². The second-order valence-corrected chi connectivity index (χ2v) is 3.61. The molecular formula is C11H13F3N2O.